The van der Waals surface area contributed by atoms with E-state index in [1.165, 1.54) is 11.8 Å². The van der Waals surface area contributed by atoms with E-state index in [-0.39, 0.29) is 11.2 Å². The normalized spacial score (nSPS) is 12.5. The van der Waals surface area contributed by atoms with E-state index < -0.39 is 0 Å². The molecule has 0 amide bonds. The van der Waals surface area contributed by atoms with Gasteiger partial charge in [0.05, 0.1) is 18.0 Å². The molecule has 3 aromatic rings. The highest BCUT2D eigenvalue weighted by atomic mass is 32.2. The average molecular weight is 346 g/mol. The Morgan fingerprint density at radius 1 is 1.17 bits per heavy atom. The first-order chi connectivity index (χ1) is 11.6. The zero-order valence-electron chi connectivity index (χ0n) is 13.9. The maximum Gasteiger partial charge on any atom is 0.239 e. The number of rotatable bonds is 6. The van der Waals surface area contributed by atoms with Crippen LogP contribution in [0.2, 0.25) is 0 Å². The molecule has 3 rings (SSSR count). The van der Waals surface area contributed by atoms with Crippen molar-refractivity contribution in [1.29, 1.82) is 0 Å². The fourth-order valence-electron chi connectivity index (χ4n) is 1.99. The van der Waals surface area contributed by atoms with Gasteiger partial charge in [0, 0.05) is 5.92 Å². The summed E-state index contributed by atoms with van der Waals surface area (Å²) in [5, 5.41) is 16.5. The number of thioether (sulfide) groups is 1. The molecule has 1 unspecified atom stereocenters. The summed E-state index contributed by atoms with van der Waals surface area (Å²) in [6.45, 7) is 6.03. The van der Waals surface area contributed by atoms with Crippen LogP contribution >= 0.6 is 11.8 Å². The number of benzene rings is 1. The molecule has 0 saturated carbocycles. The Morgan fingerprint density at radius 3 is 2.54 bits per heavy atom. The number of aromatic nitrogens is 6. The average Bonchev–Trinajstić information content (AvgIpc) is 3.24. The summed E-state index contributed by atoms with van der Waals surface area (Å²) >= 11 is 1.46. The zero-order chi connectivity index (χ0) is 17.1. The lowest BCUT2D eigenvalue weighted by molar-refractivity contribution is 0.373. The Morgan fingerprint density at radius 2 is 1.92 bits per heavy atom. The van der Waals surface area contributed by atoms with Crippen molar-refractivity contribution in [2.45, 2.75) is 37.1 Å². The molecule has 0 spiro atoms. The molecule has 9 heteroatoms. The van der Waals surface area contributed by atoms with Crippen LogP contribution in [-0.4, -0.2) is 37.5 Å². The number of hydrogen-bond donors (Lipinski definition) is 0. The van der Waals surface area contributed by atoms with E-state index in [1.54, 1.807) is 11.8 Å². The molecule has 0 saturated heterocycles. The molecule has 0 aliphatic heterocycles. The summed E-state index contributed by atoms with van der Waals surface area (Å²) in [6, 6.07) is 7.52. The van der Waals surface area contributed by atoms with Gasteiger partial charge >= 0.3 is 0 Å². The van der Waals surface area contributed by atoms with Crippen molar-refractivity contribution in [2.75, 3.05) is 7.11 Å². The van der Waals surface area contributed by atoms with Gasteiger partial charge in [-0.2, -0.15) is 9.67 Å². The van der Waals surface area contributed by atoms with Gasteiger partial charge in [0.15, 0.2) is 5.82 Å². The minimum atomic E-state index is -0.0620. The molecular weight excluding hydrogens is 328 g/mol. The summed E-state index contributed by atoms with van der Waals surface area (Å²) in [7, 11) is 1.63. The van der Waals surface area contributed by atoms with Gasteiger partial charge in [0.2, 0.25) is 11.0 Å². The third-order valence-corrected chi connectivity index (χ3v) is 4.38. The van der Waals surface area contributed by atoms with Gasteiger partial charge in [-0.1, -0.05) is 30.8 Å². The van der Waals surface area contributed by atoms with E-state index in [0.717, 1.165) is 11.4 Å². The Bertz CT molecular complexity index is 798. The van der Waals surface area contributed by atoms with E-state index in [1.807, 2.05) is 45.0 Å². The van der Waals surface area contributed by atoms with E-state index >= 15 is 0 Å². The van der Waals surface area contributed by atoms with Crippen molar-refractivity contribution < 1.29 is 9.26 Å². The van der Waals surface area contributed by atoms with Crippen molar-refractivity contribution in [3.8, 4) is 11.4 Å². The fourth-order valence-corrected chi connectivity index (χ4v) is 2.83. The number of hydrogen-bond acceptors (Lipinski definition) is 8. The first kappa shape index (κ1) is 16.4. The predicted octanol–water partition coefficient (Wildman–Crippen LogP) is 3.03. The van der Waals surface area contributed by atoms with Crippen LogP contribution in [0.4, 0.5) is 0 Å². The molecule has 2 heterocycles. The number of tetrazole rings is 1. The maximum atomic E-state index is 5.34. The van der Waals surface area contributed by atoms with Gasteiger partial charge in [0.1, 0.15) is 5.75 Å². The van der Waals surface area contributed by atoms with Gasteiger partial charge in [-0.3, -0.25) is 0 Å². The summed E-state index contributed by atoms with van der Waals surface area (Å²) < 4.78 is 12.2. The molecule has 2 aromatic heterocycles. The third kappa shape index (κ3) is 3.40. The van der Waals surface area contributed by atoms with Crippen molar-refractivity contribution in [2.24, 2.45) is 0 Å². The molecule has 0 aliphatic carbocycles. The van der Waals surface area contributed by atoms with E-state index in [0.29, 0.717) is 16.9 Å². The van der Waals surface area contributed by atoms with Crippen LogP contribution in [0.3, 0.4) is 0 Å². The molecule has 0 aliphatic rings. The van der Waals surface area contributed by atoms with Crippen LogP contribution in [0, 0.1) is 0 Å². The van der Waals surface area contributed by atoms with Crippen LogP contribution in [0.15, 0.2) is 33.9 Å². The smallest absolute Gasteiger partial charge is 0.239 e. The van der Waals surface area contributed by atoms with Crippen LogP contribution in [0.1, 0.15) is 43.7 Å². The van der Waals surface area contributed by atoms with Crippen molar-refractivity contribution >= 4 is 11.8 Å². The lowest BCUT2D eigenvalue weighted by atomic mass is 10.2. The van der Waals surface area contributed by atoms with E-state index in [4.69, 9.17) is 9.26 Å². The van der Waals surface area contributed by atoms with Crippen LogP contribution in [0.5, 0.6) is 5.75 Å². The molecule has 1 atom stereocenters. The Balaban J connectivity index is 1.79. The largest absolute Gasteiger partial charge is 0.497 e. The monoisotopic (exact) mass is 346 g/mol. The first-order valence-corrected chi connectivity index (χ1v) is 8.39. The standard InChI is InChI=1S/C15H18N6O2S/c1-9(2)13-16-14(23-18-13)10(3)24-15-17-19-20-21(15)11-5-7-12(22-4)8-6-11/h5-10H,1-4H3. The second kappa shape index (κ2) is 7.00. The minimum absolute atomic E-state index is 0.0620. The zero-order valence-corrected chi connectivity index (χ0v) is 14.7. The molecule has 0 bridgehead atoms. The predicted molar refractivity (Wildman–Crippen MR) is 88.4 cm³/mol. The molecular formula is C15H18N6O2S. The molecule has 8 nitrogen and oxygen atoms in total. The van der Waals surface area contributed by atoms with Crippen LogP contribution < -0.4 is 4.74 Å². The number of nitrogens with zero attached hydrogens (tertiary/aromatic N) is 6. The molecule has 126 valence electrons. The Hall–Kier alpha value is -2.42. The van der Waals surface area contributed by atoms with E-state index in [2.05, 4.69) is 25.7 Å². The highest BCUT2D eigenvalue weighted by molar-refractivity contribution is 7.99. The van der Waals surface area contributed by atoms with Crippen LogP contribution in [-0.2, 0) is 0 Å². The van der Waals surface area contributed by atoms with Gasteiger partial charge in [-0.05, 0) is 41.6 Å². The molecule has 24 heavy (non-hydrogen) atoms. The van der Waals surface area contributed by atoms with Crippen molar-refractivity contribution in [3.63, 3.8) is 0 Å². The molecule has 0 N–H and O–H groups in total. The highest BCUT2D eigenvalue weighted by Gasteiger charge is 2.20. The molecule has 1 aromatic carbocycles. The highest BCUT2D eigenvalue weighted by Crippen LogP contribution is 2.33. The fraction of sp³-hybridized carbons (Fsp3) is 0.400. The second-order valence-corrected chi connectivity index (χ2v) is 6.78. The van der Waals surface area contributed by atoms with Crippen molar-refractivity contribution in [1.82, 2.24) is 30.3 Å². The summed E-state index contributed by atoms with van der Waals surface area (Å²) in [5.41, 5.74) is 0.851. The lowest BCUT2D eigenvalue weighted by Crippen LogP contribution is -2.00. The summed E-state index contributed by atoms with van der Waals surface area (Å²) in [6.07, 6.45) is 0. The Labute approximate surface area is 143 Å². The van der Waals surface area contributed by atoms with Gasteiger partial charge in [-0.15, -0.1) is 5.10 Å². The van der Waals surface area contributed by atoms with E-state index in [9.17, 15) is 0 Å². The minimum Gasteiger partial charge on any atom is -0.497 e. The third-order valence-electron chi connectivity index (χ3n) is 3.36. The lowest BCUT2D eigenvalue weighted by Gasteiger charge is -2.07. The molecule has 0 fully saturated rings. The summed E-state index contributed by atoms with van der Waals surface area (Å²) in [4.78, 5) is 4.42. The second-order valence-electron chi connectivity index (χ2n) is 5.48. The topological polar surface area (TPSA) is 91.8 Å². The van der Waals surface area contributed by atoms with Gasteiger partial charge < -0.3 is 9.26 Å². The molecule has 0 radical (unpaired) electrons. The van der Waals surface area contributed by atoms with Gasteiger partial charge in [0.25, 0.3) is 0 Å². The summed E-state index contributed by atoms with van der Waals surface area (Å²) in [5.74, 6) is 2.27. The number of ether oxygens (including phenoxy) is 1. The SMILES string of the molecule is COc1ccc(-n2nnnc2SC(C)c2nc(C(C)C)no2)cc1. The van der Waals surface area contributed by atoms with Crippen LogP contribution in [0.25, 0.3) is 5.69 Å². The quantitative estimate of drug-likeness (QED) is 0.629. The first-order valence-electron chi connectivity index (χ1n) is 7.51. The van der Waals surface area contributed by atoms with Gasteiger partial charge in [-0.25, -0.2) is 0 Å². The van der Waals surface area contributed by atoms with Crippen molar-refractivity contribution in [3.05, 3.63) is 36.0 Å². The number of methoxy groups -OCH3 is 1. The Kier molecular flexibility index (Phi) is 4.79. The maximum absolute atomic E-state index is 5.34.